The number of rotatable bonds is 1. The summed E-state index contributed by atoms with van der Waals surface area (Å²) < 4.78 is 8.16. The van der Waals surface area contributed by atoms with E-state index in [1.165, 1.54) is 0 Å². The van der Waals surface area contributed by atoms with Crippen molar-refractivity contribution >= 4 is 69.7 Å². The molecule has 3 rings (SSSR count). The van der Waals surface area contributed by atoms with Gasteiger partial charge in [0.2, 0.25) is 0 Å². The van der Waals surface area contributed by atoms with E-state index < -0.39 is 0 Å². The van der Waals surface area contributed by atoms with Crippen molar-refractivity contribution in [3.63, 3.8) is 0 Å². The fraction of sp³-hybridized carbons (Fsp3) is 0.0833. The van der Waals surface area contributed by atoms with Gasteiger partial charge in [-0.05, 0) is 59.9 Å². The van der Waals surface area contributed by atoms with E-state index in [2.05, 4.69) is 57.8 Å². The van der Waals surface area contributed by atoms with Gasteiger partial charge < -0.3 is 9.72 Å². The first-order valence-electron chi connectivity index (χ1n) is 5.10. The monoisotopic (exact) mass is 432 g/mol. The number of hydrogen-bond acceptors (Lipinski definition) is 2. The number of methoxy groups -OCH3 is 1. The van der Waals surface area contributed by atoms with Crippen LogP contribution in [0.25, 0.3) is 21.9 Å². The van der Waals surface area contributed by atoms with Gasteiger partial charge in [-0.1, -0.05) is 0 Å². The number of H-pyrrole nitrogens is 1. The molecule has 0 unspecified atom stereocenters. The summed E-state index contributed by atoms with van der Waals surface area (Å²) >= 11 is 10.5. The molecule has 0 bridgehead atoms. The van der Waals surface area contributed by atoms with Gasteiger partial charge in [-0.15, -0.1) is 0 Å². The first-order chi connectivity index (χ1) is 8.61. The van der Waals surface area contributed by atoms with Crippen LogP contribution in [-0.4, -0.2) is 17.1 Å². The van der Waals surface area contributed by atoms with E-state index in [-0.39, 0.29) is 0 Å². The molecule has 3 nitrogen and oxygen atoms in total. The average molecular weight is 435 g/mol. The Bertz CT molecular complexity index is 767. The van der Waals surface area contributed by atoms with E-state index in [0.29, 0.717) is 0 Å². The van der Waals surface area contributed by atoms with Crippen LogP contribution in [0.3, 0.4) is 0 Å². The first kappa shape index (κ1) is 12.4. The second kappa shape index (κ2) is 4.51. The lowest BCUT2D eigenvalue weighted by Crippen LogP contribution is -1.86. The van der Waals surface area contributed by atoms with Gasteiger partial charge in [-0.2, -0.15) is 0 Å². The Morgan fingerprint density at radius 1 is 1.22 bits per heavy atom. The number of halogens is 3. The van der Waals surface area contributed by atoms with E-state index in [0.717, 1.165) is 41.1 Å². The Morgan fingerprint density at radius 3 is 2.72 bits per heavy atom. The second-order valence-corrected chi connectivity index (χ2v) is 6.37. The zero-order chi connectivity index (χ0) is 12.9. The van der Waals surface area contributed by atoms with Crippen molar-refractivity contribution in [1.82, 2.24) is 9.97 Å². The van der Waals surface area contributed by atoms with E-state index >= 15 is 0 Å². The molecule has 0 amide bonds. The predicted octanol–water partition coefficient (Wildman–Crippen LogP) is 5.01. The number of nitrogens with one attached hydrogen (secondary N) is 1. The molecule has 0 aliphatic heterocycles. The van der Waals surface area contributed by atoms with Crippen LogP contribution in [0.4, 0.5) is 0 Å². The van der Waals surface area contributed by atoms with Crippen molar-refractivity contribution in [2.75, 3.05) is 7.11 Å². The van der Waals surface area contributed by atoms with Crippen LogP contribution in [-0.2, 0) is 0 Å². The molecule has 18 heavy (non-hydrogen) atoms. The fourth-order valence-corrected chi connectivity index (χ4v) is 4.00. The molecule has 1 aromatic carbocycles. The second-order valence-electron chi connectivity index (χ2n) is 3.80. The third-order valence-electron chi connectivity index (χ3n) is 2.76. The highest BCUT2D eigenvalue weighted by atomic mass is 79.9. The Balaban J connectivity index is 2.54. The fourth-order valence-electron chi connectivity index (χ4n) is 2.01. The van der Waals surface area contributed by atoms with E-state index in [1.54, 1.807) is 13.3 Å². The number of aromatic amines is 1. The zero-order valence-corrected chi connectivity index (χ0v) is 14.0. The Labute approximate surface area is 128 Å². The Hall–Kier alpha value is -0.590. The maximum Gasteiger partial charge on any atom is 0.147 e. The number of fused-ring (bicyclic) bond motifs is 3. The van der Waals surface area contributed by atoms with Gasteiger partial charge in [-0.25, -0.2) is 4.98 Å². The molecular formula is C12H7Br3N2O. The summed E-state index contributed by atoms with van der Waals surface area (Å²) in [6, 6.07) is 4.04. The van der Waals surface area contributed by atoms with Gasteiger partial charge >= 0.3 is 0 Å². The van der Waals surface area contributed by atoms with Crippen LogP contribution in [0.1, 0.15) is 0 Å². The van der Waals surface area contributed by atoms with Crippen molar-refractivity contribution in [2.24, 2.45) is 0 Å². The van der Waals surface area contributed by atoms with Gasteiger partial charge in [0, 0.05) is 21.4 Å². The molecule has 2 aromatic heterocycles. The summed E-state index contributed by atoms with van der Waals surface area (Å²) in [6.45, 7) is 0. The molecule has 0 radical (unpaired) electrons. The van der Waals surface area contributed by atoms with E-state index in [1.807, 2.05) is 12.1 Å². The van der Waals surface area contributed by atoms with Crippen LogP contribution >= 0.6 is 47.8 Å². The molecule has 0 fully saturated rings. The highest BCUT2D eigenvalue weighted by Gasteiger charge is 2.15. The quantitative estimate of drug-likeness (QED) is 0.584. The Kier molecular flexibility index (Phi) is 3.11. The van der Waals surface area contributed by atoms with Crippen LogP contribution in [0, 0.1) is 0 Å². The maximum atomic E-state index is 5.39. The molecule has 0 spiro atoms. The molecule has 0 saturated heterocycles. The number of ether oxygens (including phenoxy) is 1. The SMILES string of the molecule is COc1c(Br)cc2[nH]c3ncc(Br)cc3c2c1Br. The molecule has 1 N–H and O–H groups in total. The molecule has 0 aliphatic carbocycles. The summed E-state index contributed by atoms with van der Waals surface area (Å²) in [4.78, 5) is 7.66. The molecule has 6 heteroatoms. The minimum Gasteiger partial charge on any atom is -0.494 e. The van der Waals surface area contributed by atoms with Crippen LogP contribution in [0.15, 0.2) is 31.7 Å². The van der Waals surface area contributed by atoms with Gasteiger partial charge in [0.1, 0.15) is 11.4 Å². The maximum absolute atomic E-state index is 5.39. The topological polar surface area (TPSA) is 37.9 Å². The van der Waals surface area contributed by atoms with Crippen molar-refractivity contribution in [2.45, 2.75) is 0 Å². The van der Waals surface area contributed by atoms with Gasteiger partial charge in [0.25, 0.3) is 0 Å². The smallest absolute Gasteiger partial charge is 0.147 e. The largest absolute Gasteiger partial charge is 0.494 e. The van der Waals surface area contributed by atoms with Crippen molar-refractivity contribution < 1.29 is 4.74 Å². The molecule has 0 atom stereocenters. The van der Waals surface area contributed by atoms with Gasteiger partial charge in [0.15, 0.2) is 0 Å². The molecule has 3 aromatic rings. The molecule has 92 valence electrons. The molecule has 2 heterocycles. The standard InChI is InChI=1S/C12H7Br3N2O/c1-18-11-7(14)3-8-9(10(11)15)6-2-5(13)4-16-12(6)17-8/h2-4H,1H3,(H,16,17). The van der Waals surface area contributed by atoms with Crippen molar-refractivity contribution in [3.05, 3.63) is 31.7 Å². The summed E-state index contributed by atoms with van der Waals surface area (Å²) in [5.74, 6) is 0.781. The average Bonchev–Trinajstić information content (AvgIpc) is 2.66. The summed E-state index contributed by atoms with van der Waals surface area (Å²) in [5, 5.41) is 2.12. The number of nitrogens with zero attached hydrogens (tertiary/aromatic N) is 1. The lowest BCUT2D eigenvalue weighted by atomic mass is 10.2. The molecular weight excluding hydrogens is 428 g/mol. The van der Waals surface area contributed by atoms with Crippen molar-refractivity contribution in [3.8, 4) is 5.75 Å². The third kappa shape index (κ3) is 1.78. The van der Waals surface area contributed by atoms with Crippen LogP contribution in [0.5, 0.6) is 5.75 Å². The van der Waals surface area contributed by atoms with Crippen LogP contribution < -0.4 is 4.74 Å². The minimum absolute atomic E-state index is 0.781. The number of pyridine rings is 1. The predicted molar refractivity (Wildman–Crippen MR) is 83.3 cm³/mol. The van der Waals surface area contributed by atoms with Crippen molar-refractivity contribution in [1.29, 1.82) is 0 Å². The van der Waals surface area contributed by atoms with Gasteiger partial charge in [-0.3, -0.25) is 0 Å². The Morgan fingerprint density at radius 2 is 2.00 bits per heavy atom. The summed E-state index contributed by atoms with van der Waals surface area (Å²) in [6.07, 6.45) is 1.78. The highest BCUT2D eigenvalue weighted by molar-refractivity contribution is 9.11. The lowest BCUT2D eigenvalue weighted by Gasteiger charge is -2.07. The zero-order valence-electron chi connectivity index (χ0n) is 9.22. The van der Waals surface area contributed by atoms with Crippen LogP contribution in [0.2, 0.25) is 0 Å². The lowest BCUT2D eigenvalue weighted by molar-refractivity contribution is 0.410. The number of aromatic nitrogens is 2. The highest BCUT2D eigenvalue weighted by Crippen LogP contribution is 2.42. The number of hydrogen-bond donors (Lipinski definition) is 1. The third-order valence-corrected chi connectivity index (χ3v) is 4.54. The number of benzene rings is 1. The summed E-state index contributed by atoms with van der Waals surface area (Å²) in [7, 11) is 1.65. The van der Waals surface area contributed by atoms with E-state index in [4.69, 9.17) is 4.74 Å². The molecule has 0 aliphatic rings. The normalized spacial score (nSPS) is 11.3. The molecule has 0 saturated carbocycles. The summed E-state index contributed by atoms with van der Waals surface area (Å²) in [5.41, 5.74) is 1.87. The minimum atomic E-state index is 0.781. The first-order valence-corrected chi connectivity index (χ1v) is 7.48. The van der Waals surface area contributed by atoms with E-state index in [9.17, 15) is 0 Å². The van der Waals surface area contributed by atoms with Gasteiger partial charge in [0.05, 0.1) is 21.6 Å².